The van der Waals surface area contributed by atoms with Gasteiger partial charge in [0.25, 0.3) is 0 Å². The molecule has 2 unspecified atom stereocenters. The summed E-state index contributed by atoms with van der Waals surface area (Å²) in [5.41, 5.74) is 1.43. The summed E-state index contributed by atoms with van der Waals surface area (Å²) < 4.78 is 1.18. The molecule has 0 fully saturated rings. The number of likely N-dealkylation sites (N-methyl/N-ethyl adjacent to an activating group) is 1. The van der Waals surface area contributed by atoms with Crippen LogP contribution in [0.5, 0.6) is 0 Å². The Morgan fingerprint density at radius 1 is 1.31 bits per heavy atom. The lowest BCUT2D eigenvalue weighted by Crippen LogP contribution is -2.31. The van der Waals surface area contributed by atoms with Gasteiger partial charge in [0.15, 0.2) is 0 Å². The van der Waals surface area contributed by atoms with Crippen molar-refractivity contribution in [2.75, 3.05) is 7.05 Å². The number of nitrogens with one attached hydrogen (secondary N) is 1. The van der Waals surface area contributed by atoms with Gasteiger partial charge in [-0.15, -0.1) is 0 Å². The van der Waals surface area contributed by atoms with Gasteiger partial charge in [-0.2, -0.15) is 0 Å². The van der Waals surface area contributed by atoms with Gasteiger partial charge in [0.1, 0.15) is 0 Å². The molecule has 1 N–H and O–H groups in total. The third kappa shape index (κ3) is 3.60. The molecule has 2 atom stereocenters. The van der Waals surface area contributed by atoms with Crippen LogP contribution in [0.4, 0.5) is 0 Å². The summed E-state index contributed by atoms with van der Waals surface area (Å²) in [6, 6.07) is 9.28. The third-order valence-electron chi connectivity index (χ3n) is 3.17. The van der Waals surface area contributed by atoms with Crippen LogP contribution in [0.2, 0.25) is 0 Å². The van der Waals surface area contributed by atoms with Crippen LogP contribution in [0.15, 0.2) is 28.7 Å². The highest BCUT2D eigenvalue weighted by atomic mass is 79.9. The molecule has 0 amide bonds. The maximum atomic E-state index is 3.55. The second-order valence-corrected chi connectivity index (χ2v) is 5.17. The molecule has 0 aromatic heterocycles. The van der Waals surface area contributed by atoms with Crippen LogP contribution >= 0.6 is 15.9 Å². The first kappa shape index (κ1) is 13.7. The average Bonchev–Trinajstić information content (AvgIpc) is 2.29. The van der Waals surface area contributed by atoms with Crippen molar-refractivity contribution in [3.8, 4) is 0 Å². The zero-order valence-corrected chi connectivity index (χ0v) is 12.0. The summed E-state index contributed by atoms with van der Waals surface area (Å²) in [4.78, 5) is 0. The summed E-state index contributed by atoms with van der Waals surface area (Å²) in [7, 11) is 2.07. The van der Waals surface area contributed by atoms with E-state index < -0.39 is 0 Å². The van der Waals surface area contributed by atoms with E-state index >= 15 is 0 Å². The molecule has 0 heterocycles. The van der Waals surface area contributed by atoms with Crippen LogP contribution in [0.3, 0.4) is 0 Å². The number of hydrogen-bond acceptors (Lipinski definition) is 1. The van der Waals surface area contributed by atoms with Gasteiger partial charge in [-0.05, 0) is 43.5 Å². The van der Waals surface area contributed by atoms with E-state index in [1.807, 2.05) is 0 Å². The maximum Gasteiger partial charge on any atom is 0.0178 e. The monoisotopic (exact) mass is 283 g/mol. The lowest BCUT2D eigenvalue weighted by molar-refractivity contribution is 0.422. The van der Waals surface area contributed by atoms with Crippen molar-refractivity contribution in [2.45, 2.75) is 45.1 Å². The molecule has 0 saturated carbocycles. The summed E-state index contributed by atoms with van der Waals surface area (Å²) >= 11 is 3.55. The summed E-state index contributed by atoms with van der Waals surface area (Å²) in [5.74, 6) is 0.613. The van der Waals surface area contributed by atoms with E-state index in [1.54, 1.807) is 0 Å². The van der Waals surface area contributed by atoms with E-state index in [4.69, 9.17) is 0 Å². The predicted octanol–water partition coefficient (Wildman–Crippen LogP) is 4.33. The SMILES string of the molecule is CCCC(NC)C(CC)c1cccc(Br)c1. The van der Waals surface area contributed by atoms with E-state index in [1.165, 1.54) is 29.3 Å². The van der Waals surface area contributed by atoms with Crippen LogP contribution in [-0.4, -0.2) is 13.1 Å². The standard InChI is InChI=1S/C14H22BrN/c1-4-7-14(16-3)13(5-2)11-8-6-9-12(15)10-11/h6,8-10,13-14,16H,4-5,7H2,1-3H3. The second kappa shape index (κ2) is 7.08. The molecule has 1 aromatic rings. The van der Waals surface area contributed by atoms with Gasteiger partial charge < -0.3 is 5.32 Å². The molecule has 90 valence electrons. The normalized spacial score (nSPS) is 14.8. The fourth-order valence-electron chi connectivity index (χ4n) is 2.35. The van der Waals surface area contributed by atoms with Crippen molar-refractivity contribution in [3.63, 3.8) is 0 Å². The molecular weight excluding hydrogens is 262 g/mol. The summed E-state index contributed by atoms with van der Waals surface area (Å²) in [6.45, 7) is 4.52. The Morgan fingerprint density at radius 2 is 2.06 bits per heavy atom. The summed E-state index contributed by atoms with van der Waals surface area (Å²) in [6.07, 6.45) is 3.65. The zero-order chi connectivity index (χ0) is 12.0. The van der Waals surface area contributed by atoms with E-state index in [2.05, 4.69) is 66.4 Å². The molecule has 1 aromatic carbocycles. The Morgan fingerprint density at radius 3 is 2.56 bits per heavy atom. The first-order valence-electron chi connectivity index (χ1n) is 6.15. The fourth-order valence-corrected chi connectivity index (χ4v) is 2.76. The van der Waals surface area contributed by atoms with Gasteiger partial charge >= 0.3 is 0 Å². The Labute approximate surface area is 108 Å². The van der Waals surface area contributed by atoms with Gasteiger partial charge in [-0.25, -0.2) is 0 Å². The lowest BCUT2D eigenvalue weighted by Gasteiger charge is -2.26. The average molecular weight is 284 g/mol. The largest absolute Gasteiger partial charge is 0.316 e. The fraction of sp³-hybridized carbons (Fsp3) is 0.571. The number of hydrogen-bond donors (Lipinski definition) is 1. The lowest BCUT2D eigenvalue weighted by atomic mass is 9.87. The molecule has 0 aliphatic heterocycles. The molecule has 0 spiro atoms. The molecule has 0 aliphatic carbocycles. The molecule has 0 saturated heterocycles. The minimum Gasteiger partial charge on any atom is -0.316 e. The van der Waals surface area contributed by atoms with E-state index in [0.717, 1.165) is 0 Å². The zero-order valence-electron chi connectivity index (χ0n) is 10.5. The van der Waals surface area contributed by atoms with Crippen LogP contribution in [0, 0.1) is 0 Å². The van der Waals surface area contributed by atoms with Crippen LogP contribution < -0.4 is 5.32 Å². The third-order valence-corrected chi connectivity index (χ3v) is 3.67. The molecule has 0 radical (unpaired) electrons. The van der Waals surface area contributed by atoms with Crippen molar-refractivity contribution in [3.05, 3.63) is 34.3 Å². The van der Waals surface area contributed by atoms with Crippen LogP contribution in [-0.2, 0) is 0 Å². The molecule has 16 heavy (non-hydrogen) atoms. The quantitative estimate of drug-likeness (QED) is 0.819. The van der Waals surface area contributed by atoms with Gasteiger partial charge in [0.2, 0.25) is 0 Å². The van der Waals surface area contributed by atoms with Gasteiger partial charge in [-0.1, -0.05) is 48.3 Å². The first-order chi connectivity index (χ1) is 7.72. The topological polar surface area (TPSA) is 12.0 Å². The highest BCUT2D eigenvalue weighted by Gasteiger charge is 2.19. The minimum absolute atomic E-state index is 0.587. The van der Waals surface area contributed by atoms with Crippen molar-refractivity contribution in [2.24, 2.45) is 0 Å². The molecule has 0 aliphatic rings. The van der Waals surface area contributed by atoms with Crippen molar-refractivity contribution >= 4 is 15.9 Å². The molecule has 0 bridgehead atoms. The molecule has 2 heteroatoms. The number of halogens is 1. The summed E-state index contributed by atoms with van der Waals surface area (Å²) in [5, 5.41) is 3.46. The highest BCUT2D eigenvalue weighted by Crippen LogP contribution is 2.27. The van der Waals surface area contributed by atoms with Gasteiger partial charge in [-0.3, -0.25) is 0 Å². The van der Waals surface area contributed by atoms with Crippen molar-refractivity contribution < 1.29 is 0 Å². The Balaban J connectivity index is 2.87. The predicted molar refractivity (Wildman–Crippen MR) is 74.9 cm³/mol. The van der Waals surface area contributed by atoms with Crippen molar-refractivity contribution in [1.82, 2.24) is 5.32 Å². The smallest absolute Gasteiger partial charge is 0.0178 e. The Bertz CT molecular complexity index is 311. The highest BCUT2D eigenvalue weighted by molar-refractivity contribution is 9.10. The van der Waals surface area contributed by atoms with E-state index in [0.29, 0.717) is 12.0 Å². The maximum absolute atomic E-state index is 3.55. The number of benzene rings is 1. The van der Waals surface area contributed by atoms with Crippen LogP contribution in [0.1, 0.15) is 44.6 Å². The molecule has 1 nitrogen and oxygen atoms in total. The van der Waals surface area contributed by atoms with Gasteiger partial charge in [0, 0.05) is 10.5 Å². The Hall–Kier alpha value is -0.340. The van der Waals surface area contributed by atoms with Crippen LogP contribution in [0.25, 0.3) is 0 Å². The first-order valence-corrected chi connectivity index (χ1v) is 6.94. The second-order valence-electron chi connectivity index (χ2n) is 4.25. The molecular formula is C14H22BrN. The molecule has 1 rings (SSSR count). The number of rotatable bonds is 6. The Kier molecular flexibility index (Phi) is 6.07. The van der Waals surface area contributed by atoms with E-state index in [9.17, 15) is 0 Å². The van der Waals surface area contributed by atoms with E-state index in [-0.39, 0.29) is 0 Å². The minimum atomic E-state index is 0.587. The van der Waals surface area contributed by atoms with Gasteiger partial charge in [0.05, 0.1) is 0 Å². The van der Waals surface area contributed by atoms with Crippen molar-refractivity contribution in [1.29, 1.82) is 0 Å².